The molecule has 0 spiro atoms. The topological polar surface area (TPSA) is 106 Å². The molecule has 1 aromatic carbocycles. The first-order valence-corrected chi connectivity index (χ1v) is 9.82. The number of urea groups is 1. The van der Waals surface area contributed by atoms with Gasteiger partial charge in [0.2, 0.25) is 0 Å². The van der Waals surface area contributed by atoms with Crippen molar-refractivity contribution in [1.82, 2.24) is 10.4 Å². The standard InChI is InChI=1S/C19H24N4O4S/c1-26-14-7-6-12(10-15(14)27-2)16-11-13(18(28-16)21-19(20)25)17(24)22-23-8-4-3-5-9-23/h6-7,10-11H,3-5,8-9H2,1-2H3,(H,22,24)(H3,20,21,25). The fourth-order valence-electron chi connectivity index (χ4n) is 3.11. The molecule has 1 aromatic heterocycles. The van der Waals surface area contributed by atoms with Gasteiger partial charge in [0.25, 0.3) is 5.91 Å². The van der Waals surface area contributed by atoms with E-state index in [9.17, 15) is 9.59 Å². The Morgan fingerprint density at radius 2 is 1.79 bits per heavy atom. The van der Waals surface area contributed by atoms with Gasteiger partial charge in [0.1, 0.15) is 5.00 Å². The molecule has 2 heterocycles. The molecule has 0 atom stereocenters. The number of nitrogens with zero attached hydrogens (tertiary/aromatic N) is 1. The number of hydrazine groups is 1. The average Bonchev–Trinajstić information content (AvgIpc) is 3.11. The molecule has 0 aliphatic carbocycles. The molecule has 2 aromatic rings. The molecule has 3 amide bonds. The second-order valence-electron chi connectivity index (χ2n) is 6.40. The molecule has 4 N–H and O–H groups in total. The van der Waals surface area contributed by atoms with E-state index in [1.807, 2.05) is 17.1 Å². The fourth-order valence-corrected chi connectivity index (χ4v) is 4.16. The van der Waals surface area contributed by atoms with Gasteiger partial charge in [0, 0.05) is 18.0 Å². The van der Waals surface area contributed by atoms with Crippen molar-refractivity contribution in [2.75, 3.05) is 32.6 Å². The summed E-state index contributed by atoms with van der Waals surface area (Å²) in [4.78, 5) is 25.0. The van der Waals surface area contributed by atoms with Crippen molar-refractivity contribution in [3.05, 3.63) is 29.8 Å². The number of carbonyl (C=O) groups is 2. The third-order valence-electron chi connectivity index (χ3n) is 4.50. The van der Waals surface area contributed by atoms with Gasteiger partial charge < -0.3 is 15.2 Å². The minimum absolute atomic E-state index is 0.270. The number of hydrogen-bond donors (Lipinski definition) is 3. The van der Waals surface area contributed by atoms with Gasteiger partial charge in [-0.05, 0) is 42.7 Å². The van der Waals surface area contributed by atoms with E-state index in [4.69, 9.17) is 15.2 Å². The lowest BCUT2D eigenvalue weighted by Crippen LogP contribution is -2.45. The summed E-state index contributed by atoms with van der Waals surface area (Å²) in [5.41, 5.74) is 9.42. The number of hydrogen-bond acceptors (Lipinski definition) is 6. The second kappa shape index (κ2) is 8.94. The summed E-state index contributed by atoms with van der Waals surface area (Å²) in [7, 11) is 3.13. The first-order valence-electron chi connectivity index (χ1n) is 9.00. The quantitative estimate of drug-likeness (QED) is 0.686. The van der Waals surface area contributed by atoms with Crippen LogP contribution in [0.2, 0.25) is 0 Å². The number of nitrogens with one attached hydrogen (secondary N) is 2. The number of carbonyl (C=O) groups excluding carboxylic acids is 2. The molecule has 9 heteroatoms. The third-order valence-corrected chi connectivity index (χ3v) is 5.60. The molecule has 8 nitrogen and oxygen atoms in total. The van der Waals surface area contributed by atoms with Crippen molar-refractivity contribution in [2.24, 2.45) is 5.73 Å². The second-order valence-corrected chi connectivity index (χ2v) is 7.45. The molecule has 1 fully saturated rings. The van der Waals surface area contributed by atoms with Gasteiger partial charge in [-0.25, -0.2) is 9.80 Å². The number of piperidine rings is 1. The van der Waals surface area contributed by atoms with Crippen LogP contribution in [0.25, 0.3) is 10.4 Å². The summed E-state index contributed by atoms with van der Waals surface area (Å²) < 4.78 is 10.6. The molecule has 1 aliphatic heterocycles. The molecule has 0 unspecified atom stereocenters. The van der Waals surface area contributed by atoms with Crippen LogP contribution in [0.1, 0.15) is 29.6 Å². The Labute approximate surface area is 167 Å². The van der Waals surface area contributed by atoms with Crippen LogP contribution in [0.4, 0.5) is 9.80 Å². The van der Waals surface area contributed by atoms with E-state index in [1.165, 1.54) is 17.8 Å². The highest BCUT2D eigenvalue weighted by Crippen LogP contribution is 2.39. The minimum Gasteiger partial charge on any atom is -0.493 e. The molecule has 0 bridgehead atoms. The van der Waals surface area contributed by atoms with Crippen LogP contribution in [0.3, 0.4) is 0 Å². The maximum atomic E-state index is 12.8. The predicted octanol–water partition coefficient (Wildman–Crippen LogP) is 3.05. The summed E-state index contributed by atoms with van der Waals surface area (Å²) in [5, 5.41) is 4.87. The van der Waals surface area contributed by atoms with Crippen molar-refractivity contribution in [3.63, 3.8) is 0 Å². The minimum atomic E-state index is -0.715. The monoisotopic (exact) mass is 404 g/mol. The van der Waals surface area contributed by atoms with Crippen LogP contribution in [0, 0.1) is 0 Å². The number of thiophene rings is 1. The number of primary amides is 1. The third kappa shape index (κ3) is 4.55. The van der Waals surface area contributed by atoms with Gasteiger partial charge >= 0.3 is 6.03 Å². The number of rotatable bonds is 6. The van der Waals surface area contributed by atoms with Crippen LogP contribution in [0.5, 0.6) is 11.5 Å². The lowest BCUT2D eigenvalue weighted by molar-refractivity contribution is 0.0751. The van der Waals surface area contributed by atoms with Crippen molar-refractivity contribution >= 4 is 28.3 Å². The number of amides is 3. The summed E-state index contributed by atoms with van der Waals surface area (Å²) in [6.45, 7) is 1.63. The zero-order valence-corrected chi connectivity index (χ0v) is 16.7. The molecule has 1 saturated heterocycles. The average molecular weight is 404 g/mol. The SMILES string of the molecule is COc1ccc(-c2cc(C(=O)NN3CCCCC3)c(NC(N)=O)s2)cc1OC. The molecule has 150 valence electrons. The highest BCUT2D eigenvalue weighted by atomic mass is 32.1. The summed E-state index contributed by atoms with van der Waals surface area (Å²) in [5.74, 6) is 0.923. The van der Waals surface area contributed by atoms with E-state index < -0.39 is 6.03 Å². The molecule has 0 radical (unpaired) electrons. The normalized spacial score (nSPS) is 14.4. The number of benzene rings is 1. The number of nitrogens with two attached hydrogens (primary N) is 1. The lowest BCUT2D eigenvalue weighted by atomic mass is 10.1. The maximum Gasteiger partial charge on any atom is 0.317 e. The van der Waals surface area contributed by atoms with Crippen molar-refractivity contribution in [2.45, 2.75) is 19.3 Å². The first kappa shape index (κ1) is 20.0. The highest BCUT2D eigenvalue weighted by molar-refractivity contribution is 7.20. The van der Waals surface area contributed by atoms with Gasteiger partial charge in [-0.3, -0.25) is 15.5 Å². The Morgan fingerprint density at radius 1 is 1.07 bits per heavy atom. The van der Waals surface area contributed by atoms with Crippen LogP contribution in [-0.2, 0) is 0 Å². The molecule has 0 saturated carbocycles. The van der Waals surface area contributed by atoms with Crippen LogP contribution >= 0.6 is 11.3 Å². The number of methoxy groups -OCH3 is 2. The van der Waals surface area contributed by atoms with Gasteiger partial charge in [0.15, 0.2) is 11.5 Å². The van der Waals surface area contributed by atoms with Crippen molar-refractivity contribution < 1.29 is 19.1 Å². The highest BCUT2D eigenvalue weighted by Gasteiger charge is 2.21. The van der Waals surface area contributed by atoms with Gasteiger partial charge in [0.05, 0.1) is 19.8 Å². The van der Waals surface area contributed by atoms with Gasteiger partial charge in [-0.15, -0.1) is 11.3 Å². The smallest absolute Gasteiger partial charge is 0.317 e. The van der Waals surface area contributed by atoms with Crippen molar-refractivity contribution in [1.29, 1.82) is 0 Å². The van der Waals surface area contributed by atoms with E-state index in [1.54, 1.807) is 26.4 Å². The number of ether oxygens (including phenoxy) is 2. The van der Waals surface area contributed by atoms with E-state index in [0.29, 0.717) is 22.1 Å². The Balaban J connectivity index is 1.91. The van der Waals surface area contributed by atoms with Gasteiger partial charge in [-0.1, -0.05) is 6.42 Å². The zero-order valence-electron chi connectivity index (χ0n) is 15.9. The fraction of sp³-hybridized carbons (Fsp3) is 0.368. The Kier molecular flexibility index (Phi) is 6.37. The van der Waals surface area contributed by atoms with Gasteiger partial charge in [-0.2, -0.15) is 0 Å². The van der Waals surface area contributed by atoms with E-state index >= 15 is 0 Å². The molecule has 28 heavy (non-hydrogen) atoms. The van der Waals surface area contributed by atoms with E-state index in [0.717, 1.165) is 36.4 Å². The maximum absolute atomic E-state index is 12.8. The lowest BCUT2D eigenvalue weighted by Gasteiger charge is -2.26. The van der Waals surface area contributed by atoms with E-state index in [-0.39, 0.29) is 5.91 Å². The molecule has 3 rings (SSSR count). The largest absolute Gasteiger partial charge is 0.493 e. The Bertz CT molecular complexity index is 862. The van der Waals surface area contributed by atoms with Crippen LogP contribution < -0.4 is 25.9 Å². The Morgan fingerprint density at radius 3 is 2.43 bits per heavy atom. The summed E-state index contributed by atoms with van der Waals surface area (Å²) >= 11 is 1.28. The zero-order chi connectivity index (χ0) is 20.1. The number of anilines is 1. The van der Waals surface area contributed by atoms with E-state index in [2.05, 4.69) is 10.7 Å². The van der Waals surface area contributed by atoms with Crippen LogP contribution in [-0.4, -0.2) is 44.3 Å². The first-order chi connectivity index (χ1) is 13.5. The molecular weight excluding hydrogens is 380 g/mol. The summed E-state index contributed by atoms with van der Waals surface area (Å²) in [6.07, 6.45) is 3.27. The molecule has 1 aliphatic rings. The molecular formula is C19H24N4O4S. The van der Waals surface area contributed by atoms with Crippen LogP contribution in [0.15, 0.2) is 24.3 Å². The summed E-state index contributed by atoms with van der Waals surface area (Å²) in [6, 6.07) is 6.52. The Hall–Kier alpha value is -2.78. The predicted molar refractivity (Wildman–Crippen MR) is 109 cm³/mol. The van der Waals surface area contributed by atoms with Crippen molar-refractivity contribution in [3.8, 4) is 21.9 Å².